The van der Waals surface area contributed by atoms with Gasteiger partial charge in [-0.15, -0.1) is 11.3 Å². The summed E-state index contributed by atoms with van der Waals surface area (Å²) in [6, 6.07) is 5.73. The number of fused-ring (bicyclic) bond motifs is 1. The van der Waals surface area contributed by atoms with E-state index in [2.05, 4.69) is 4.98 Å². The highest BCUT2D eigenvalue weighted by atomic mass is 32.1. The standard InChI is InChI=1S/C15H19NO3S/c1-5-19-15(17)13(9(2)3)14-16-11-7-6-10(18-4)8-12(11)20-14/h6-9,13H,5H2,1-4H3. The monoisotopic (exact) mass is 293 g/mol. The summed E-state index contributed by atoms with van der Waals surface area (Å²) in [6.45, 7) is 6.22. The van der Waals surface area contributed by atoms with Gasteiger partial charge in [0, 0.05) is 0 Å². The summed E-state index contributed by atoms with van der Waals surface area (Å²) in [5, 5.41) is 0.807. The summed E-state index contributed by atoms with van der Waals surface area (Å²) in [7, 11) is 1.64. The van der Waals surface area contributed by atoms with Crippen molar-refractivity contribution in [1.29, 1.82) is 0 Å². The lowest BCUT2D eigenvalue weighted by molar-refractivity contribution is -0.146. The Labute approximate surface area is 122 Å². The molecule has 2 rings (SSSR count). The van der Waals surface area contributed by atoms with Gasteiger partial charge in [-0.2, -0.15) is 0 Å². The maximum atomic E-state index is 12.1. The summed E-state index contributed by atoms with van der Waals surface area (Å²) in [5.74, 6) is 0.438. The Morgan fingerprint density at radius 1 is 1.40 bits per heavy atom. The van der Waals surface area contributed by atoms with Crippen molar-refractivity contribution in [3.8, 4) is 5.75 Å². The Morgan fingerprint density at radius 2 is 2.15 bits per heavy atom. The van der Waals surface area contributed by atoms with E-state index in [0.29, 0.717) is 6.61 Å². The lowest BCUT2D eigenvalue weighted by atomic mass is 9.97. The molecule has 0 aliphatic rings. The largest absolute Gasteiger partial charge is 0.497 e. The molecule has 1 aromatic heterocycles. The molecule has 1 atom stereocenters. The van der Waals surface area contributed by atoms with E-state index in [-0.39, 0.29) is 17.8 Å². The number of benzene rings is 1. The molecular formula is C15H19NO3S. The number of hydrogen-bond donors (Lipinski definition) is 0. The number of aromatic nitrogens is 1. The van der Waals surface area contributed by atoms with Crippen LogP contribution in [0.3, 0.4) is 0 Å². The van der Waals surface area contributed by atoms with Gasteiger partial charge in [-0.3, -0.25) is 4.79 Å². The van der Waals surface area contributed by atoms with Gasteiger partial charge in [-0.25, -0.2) is 4.98 Å². The number of nitrogens with zero attached hydrogens (tertiary/aromatic N) is 1. The van der Waals surface area contributed by atoms with Crippen molar-refractivity contribution < 1.29 is 14.3 Å². The zero-order valence-electron chi connectivity index (χ0n) is 12.2. The molecule has 0 fully saturated rings. The van der Waals surface area contributed by atoms with E-state index >= 15 is 0 Å². The number of rotatable bonds is 5. The van der Waals surface area contributed by atoms with Crippen LogP contribution < -0.4 is 4.74 Å². The van der Waals surface area contributed by atoms with Crippen LogP contribution in [-0.2, 0) is 9.53 Å². The third-order valence-corrected chi connectivity index (χ3v) is 4.19. The summed E-state index contributed by atoms with van der Waals surface area (Å²) in [6.07, 6.45) is 0. The first kappa shape index (κ1) is 14.8. The van der Waals surface area contributed by atoms with Crippen LogP contribution in [0.25, 0.3) is 10.2 Å². The molecule has 0 radical (unpaired) electrons. The molecule has 0 amide bonds. The van der Waals surface area contributed by atoms with E-state index in [0.717, 1.165) is 21.0 Å². The predicted octanol–water partition coefficient (Wildman–Crippen LogP) is 3.61. The molecule has 5 heteroatoms. The van der Waals surface area contributed by atoms with E-state index in [1.165, 1.54) is 11.3 Å². The van der Waals surface area contributed by atoms with Gasteiger partial charge in [0.05, 0.1) is 23.9 Å². The van der Waals surface area contributed by atoms with Crippen molar-refractivity contribution in [3.05, 3.63) is 23.2 Å². The van der Waals surface area contributed by atoms with Gasteiger partial charge < -0.3 is 9.47 Å². The minimum Gasteiger partial charge on any atom is -0.497 e. The molecule has 0 aliphatic carbocycles. The lowest BCUT2D eigenvalue weighted by Crippen LogP contribution is -2.20. The zero-order valence-corrected chi connectivity index (χ0v) is 13.0. The van der Waals surface area contributed by atoms with Crippen LogP contribution in [0.5, 0.6) is 5.75 Å². The van der Waals surface area contributed by atoms with E-state index in [4.69, 9.17) is 9.47 Å². The van der Waals surface area contributed by atoms with Crippen LogP contribution in [0, 0.1) is 5.92 Å². The van der Waals surface area contributed by atoms with Gasteiger partial charge in [0.25, 0.3) is 0 Å². The molecular weight excluding hydrogens is 274 g/mol. The van der Waals surface area contributed by atoms with Crippen molar-refractivity contribution in [3.63, 3.8) is 0 Å². The molecule has 0 aliphatic heterocycles. The second-order valence-corrected chi connectivity index (χ2v) is 5.92. The highest BCUT2D eigenvalue weighted by Gasteiger charge is 2.28. The smallest absolute Gasteiger partial charge is 0.316 e. The Kier molecular flexibility index (Phi) is 4.60. The fraction of sp³-hybridized carbons (Fsp3) is 0.467. The SMILES string of the molecule is CCOC(=O)C(c1nc2ccc(OC)cc2s1)C(C)C. The van der Waals surface area contributed by atoms with Gasteiger partial charge >= 0.3 is 5.97 Å². The number of carbonyl (C=O) groups is 1. The Bertz CT molecular complexity index is 606. The fourth-order valence-electron chi connectivity index (χ4n) is 2.07. The topological polar surface area (TPSA) is 48.4 Å². The number of methoxy groups -OCH3 is 1. The van der Waals surface area contributed by atoms with Crippen LogP contribution in [0.2, 0.25) is 0 Å². The lowest BCUT2D eigenvalue weighted by Gasteiger charge is -2.16. The van der Waals surface area contributed by atoms with E-state index in [1.807, 2.05) is 39.0 Å². The van der Waals surface area contributed by atoms with Crippen LogP contribution in [0.1, 0.15) is 31.7 Å². The first-order chi connectivity index (χ1) is 9.56. The van der Waals surface area contributed by atoms with Crippen molar-refractivity contribution in [2.24, 2.45) is 5.92 Å². The van der Waals surface area contributed by atoms with Crippen LogP contribution in [0.15, 0.2) is 18.2 Å². The van der Waals surface area contributed by atoms with Crippen molar-refractivity contribution in [1.82, 2.24) is 4.98 Å². The van der Waals surface area contributed by atoms with E-state index < -0.39 is 0 Å². The molecule has 1 aromatic carbocycles. The molecule has 4 nitrogen and oxygen atoms in total. The van der Waals surface area contributed by atoms with Gasteiger partial charge in [-0.05, 0) is 31.0 Å². The fourth-order valence-corrected chi connectivity index (χ4v) is 3.33. The molecule has 20 heavy (non-hydrogen) atoms. The summed E-state index contributed by atoms with van der Waals surface area (Å²) in [5.41, 5.74) is 0.890. The number of carbonyl (C=O) groups excluding carboxylic acids is 1. The van der Waals surface area contributed by atoms with Crippen molar-refractivity contribution >= 4 is 27.5 Å². The van der Waals surface area contributed by atoms with Gasteiger partial charge in [0.1, 0.15) is 16.7 Å². The average molecular weight is 293 g/mol. The molecule has 1 heterocycles. The van der Waals surface area contributed by atoms with Crippen LogP contribution >= 0.6 is 11.3 Å². The van der Waals surface area contributed by atoms with Crippen molar-refractivity contribution in [2.75, 3.05) is 13.7 Å². The minimum absolute atomic E-state index is 0.150. The normalized spacial score (nSPS) is 12.7. The van der Waals surface area contributed by atoms with Gasteiger partial charge in [0.2, 0.25) is 0 Å². The third kappa shape index (κ3) is 2.93. The summed E-state index contributed by atoms with van der Waals surface area (Å²) >= 11 is 1.53. The molecule has 0 spiro atoms. The highest BCUT2D eigenvalue weighted by Crippen LogP contribution is 2.34. The second kappa shape index (κ2) is 6.22. The average Bonchev–Trinajstić information content (AvgIpc) is 2.80. The molecule has 2 aromatic rings. The van der Waals surface area contributed by atoms with Crippen molar-refractivity contribution in [2.45, 2.75) is 26.7 Å². The maximum Gasteiger partial charge on any atom is 0.316 e. The number of hydrogen-bond acceptors (Lipinski definition) is 5. The second-order valence-electron chi connectivity index (χ2n) is 4.86. The quantitative estimate of drug-likeness (QED) is 0.790. The maximum absolute atomic E-state index is 12.1. The molecule has 0 bridgehead atoms. The molecule has 0 saturated heterocycles. The molecule has 0 N–H and O–H groups in total. The Balaban J connectivity index is 2.40. The first-order valence-electron chi connectivity index (χ1n) is 6.68. The van der Waals surface area contributed by atoms with E-state index in [9.17, 15) is 4.79 Å². The summed E-state index contributed by atoms with van der Waals surface area (Å²) < 4.78 is 11.4. The number of thiazole rings is 1. The molecule has 0 saturated carbocycles. The zero-order chi connectivity index (χ0) is 14.7. The third-order valence-electron chi connectivity index (χ3n) is 3.09. The van der Waals surface area contributed by atoms with E-state index in [1.54, 1.807) is 7.11 Å². The Hall–Kier alpha value is -1.62. The predicted molar refractivity (Wildman–Crippen MR) is 80.4 cm³/mol. The number of ether oxygens (including phenoxy) is 2. The molecule has 108 valence electrons. The van der Waals surface area contributed by atoms with Gasteiger partial charge in [-0.1, -0.05) is 13.8 Å². The minimum atomic E-state index is -0.307. The first-order valence-corrected chi connectivity index (χ1v) is 7.49. The van der Waals surface area contributed by atoms with Crippen LogP contribution in [0.4, 0.5) is 0 Å². The van der Waals surface area contributed by atoms with Gasteiger partial charge in [0.15, 0.2) is 0 Å². The summed E-state index contributed by atoms with van der Waals surface area (Å²) in [4.78, 5) is 16.7. The Morgan fingerprint density at radius 3 is 2.75 bits per heavy atom. The highest BCUT2D eigenvalue weighted by molar-refractivity contribution is 7.18. The van der Waals surface area contributed by atoms with Crippen LogP contribution in [-0.4, -0.2) is 24.7 Å². The number of esters is 1. The molecule has 1 unspecified atom stereocenters.